The van der Waals surface area contributed by atoms with Crippen LogP contribution in [0, 0.1) is 0 Å². The molecule has 1 saturated carbocycles. The van der Waals surface area contributed by atoms with Crippen LogP contribution in [0.4, 0.5) is 5.82 Å². The molecule has 0 radical (unpaired) electrons. The first-order valence-electron chi connectivity index (χ1n) is 11.7. The highest BCUT2D eigenvalue weighted by atomic mass is 16.5. The Kier molecular flexibility index (Phi) is 6.12. The molecule has 1 aromatic carbocycles. The monoisotopic (exact) mass is 461 g/mol. The second-order valence-corrected chi connectivity index (χ2v) is 9.09. The molecular formula is C26H31N5O3. The van der Waals surface area contributed by atoms with E-state index in [-0.39, 0.29) is 6.04 Å². The maximum Gasteiger partial charge on any atom is 0.140 e. The van der Waals surface area contributed by atoms with Gasteiger partial charge in [0.05, 0.1) is 12.2 Å². The molecule has 3 heterocycles. The zero-order valence-corrected chi connectivity index (χ0v) is 19.5. The van der Waals surface area contributed by atoms with Crippen LogP contribution in [0.5, 0.6) is 5.75 Å². The van der Waals surface area contributed by atoms with Gasteiger partial charge in [-0.1, -0.05) is 12.6 Å². The van der Waals surface area contributed by atoms with E-state index in [1.54, 1.807) is 12.4 Å². The van der Waals surface area contributed by atoms with Gasteiger partial charge in [0.2, 0.25) is 0 Å². The van der Waals surface area contributed by atoms with E-state index >= 15 is 0 Å². The predicted octanol–water partition coefficient (Wildman–Crippen LogP) is 3.39. The maximum absolute atomic E-state index is 11.0. The fraction of sp³-hybridized carbons (Fsp3) is 0.385. The van der Waals surface area contributed by atoms with Gasteiger partial charge in [-0.3, -0.25) is 5.10 Å². The number of hydrogen-bond acceptors (Lipinski definition) is 6. The molecule has 0 amide bonds. The Morgan fingerprint density at radius 2 is 2.15 bits per heavy atom. The summed E-state index contributed by atoms with van der Waals surface area (Å²) < 4.78 is 8.38. The van der Waals surface area contributed by atoms with Gasteiger partial charge >= 0.3 is 0 Å². The van der Waals surface area contributed by atoms with Crippen molar-refractivity contribution in [1.29, 1.82) is 0 Å². The third-order valence-corrected chi connectivity index (χ3v) is 6.84. The van der Waals surface area contributed by atoms with Crippen LogP contribution in [0.2, 0.25) is 0 Å². The van der Waals surface area contributed by atoms with Crippen LogP contribution >= 0.6 is 0 Å². The molecule has 2 aromatic heterocycles. The summed E-state index contributed by atoms with van der Waals surface area (Å²) in [7, 11) is 0. The zero-order chi connectivity index (χ0) is 23.8. The Labute approximate surface area is 199 Å². The SMILES string of the molecule is C=C(C)c1ccn(C2CC(Oc3cc(-c4cn[nH]c4)cc4c3CNCC4)[C@@H](O)[C@H]2O)c1N=CC. The Morgan fingerprint density at radius 3 is 2.88 bits per heavy atom. The van der Waals surface area contributed by atoms with Gasteiger partial charge in [-0.05, 0) is 55.6 Å². The lowest BCUT2D eigenvalue weighted by Crippen LogP contribution is -2.34. The van der Waals surface area contributed by atoms with E-state index in [2.05, 4.69) is 33.2 Å². The number of allylic oxidation sites excluding steroid dienone is 1. The molecule has 8 nitrogen and oxygen atoms in total. The van der Waals surface area contributed by atoms with Gasteiger partial charge in [-0.2, -0.15) is 5.10 Å². The molecule has 3 aromatic rings. The maximum atomic E-state index is 11.0. The minimum Gasteiger partial charge on any atom is -0.487 e. The van der Waals surface area contributed by atoms with Gasteiger partial charge in [0, 0.05) is 48.3 Å². The van der Waals surface area contributed by atoms with Crippen LogP contribution in [-0.4, -0.2) is 56.0 Å². The van der Waals surface area contributed by atoms with E-state index in [1.165, 1.54) is 5.56 Å². The third kappa shape index (κ3) is 3.98. The lowest BCUT2D eigenvalue weighted by molar-refractivity contribution is -0.0167. The molecule has 5 rings (SSSR count). The molecule has 1 aliphatic carbocycles. The molecule has 0 bridgehead atoms. The summed E-state index contributed by atoms with van der Waals surface area (Å²) in [6.45, 7) is 9.46. The van der Waals surface area contributed by atoms with Crippen molar-refractivity contribution >= 4 is 17.6 Å². The molecule has 4 atom stereocenters. The summed E-state index contributed by atoms with van der Waals surface area (Å²) in [6, 6.07) is 5.78. The first kappa shape index (κ1) is 22.6. The van der Waals surface area contributed by atoms with Gasteiger partial charge < -0.3 is 24.8 Å². The molecule has 0 saturated heterocycles. The number of aliphatic hydroxyl groups is 2. The van der Waals surface area contributed by atoms with Crippen LogP contribution in [0.25, 0.3) is 16.7 Å². The van der Waals surface area contributed by atoms with Crippen molar-refractivity contribution < 1.29 is 14.9 Å². The lowest BCUT2D eigenvalue weighted by Gasteiger charge is -2.25. The van der Waals surface area contributed by atoms with Gasteiger partial charge in [0.15, 0.2) is 0 Å². The quantitative estimate of drug-likeness (QED) is 0.421. The van der Waals surface area contributed by atoms with Gasteiger partial charge in [-0.25, -0.2) is 4.99 Å². The first-order valence-corrected chi connectivity index (χ1v) is 11.7. The summed E-state index contributed by atoms with van der Waals surface area (Å²) in [5, 5.41) is 32.3. The second kappa shape index (κ2) is 9.21. The van der Waals surface area contributed by atoms with E-state index in [0.29, 0.717) is 13.0 Å². The van der Waals surface area contributed by atoms with E-state index in [0.717, 1.165) is 52.4 Å². The molecule has 34 heavy (non-hydrogen) atoms. The number of benzene rings is 1. The molecule has 1 aliphatic heterocycles. The van der Waals surface area contributed by atoms with Crippen LogP contribution in [-0.2, 0) is 13.0 Å². The number of H-pyrrole nitrogens is 1. The molecule has 8 heteroatoms. The fourth-order valence-corrected chi connectivity index (χ4v) is 5.07. The number of hydrogen-bond donors (Lipinski definition) is 4. The zero-order valence-electron chi connectivity index (χ0n) is 19.5. The first-order chi connectivity index (χ1) is 16.5. The number of aliphatic hydroxyl groups excluding tert-OH is 2. The number of nitrogens with one attached hydrogen (secondary N) is 2. The fourth-order valence-electron chi connectivity index (χ4n) is 5.07. The summed E-state index contributed by atoms with van der Waals surface area (Å²) in [6.07, 6.45) is 6.08. The Bertz CT molecular complexity index is 1210. The highest BCUT2D eigenvalue weighted by Crippen LogP contribution is 2.40. The number of aromatic amines is 1. The minimum absolute atomic E-state index is 0.363. The number of rotatable bonds is 6. The summed E-state index contributed by atoms with van der Waals surface area (Å²) in [5.41, 5.74) is 6.16. The normalized spacial score (nSPS) is 24.5. The van der Waals surface area contributed by atoms with E-state index < -0.39 is 18.3 Å². The molecular weight excluding hydrogens is 430 g/mol. The smallest absolute Gasteiger partial charge is 0.140 e. The van der Waals surface area contributed by atoms with Crippen molar-refractivity contribution in [3.05, 3.63) is 60.1 Å². The van der Waals surface area contributed by atoms with Crippen molar-refractivity contribution in [2.45, 2.75) is 57.6 Å². The highest BCUT2D eigenvalue weighted by Gasteiger charge is 2.45. The van der Waals surface area contributed by atoms with Crippen molar-refractivity contribution in [3.8, 4) is 16.9 Å². The van der Waals surface area contributed by atoms with Crippen LogP contribution in [0.3, 0.4) is 0 Å². The summed E-state index contributed by atoms with van der Waals surface area (Å²) in [4.78, 5) is 4.53. The van der Waals surface area contributed by atoms with Gasteiger partial charge in [-0.15, -0.1) is 0 Å². The van der Waals surface area contributed by atoms with Crippen LogP contribution < -0.4 is 10.1 Å². The molecule has 0 spiro atoms. The van der Waals surface area contributed by atoms with E-state index in [9.17, 15) is 10.2 Å². The van der Waals surface area contributed by atoms with Crippen molar-refractivity contribution in [3.63, 3.8) is 0 Å². The number of nitrogens with zero attached hydrogens (tertiary/aromatic N) is 3. The van der Waals surface area contributed by atoms with Crippen LogP contribution in [0.15, 0.2) is 48.4 Å². The molecule has 1 fully saturated rings. The van der Waals surface area contributed by atoms with Crippen LogP contribution in [0.1, 0.15) is 43.0 Å². The Hall–Kier alpha value is -3.20. The van der Waals surface area contributed by atoms with Crippen molar-refractivity contribution in [2.24, 2.45) is 4.99 Å². The molecule has 2 unspecified atom stereocenters. The summed E-state index contributed by atoms with van der Waals surface area (Å²) >= 11 is 0. The third-order valence-electron chi connectivity index (χ3n) is 6.84. The number of aliphatic imine (C=N–C) groups is 1. The van der Waals surface area contributed by atoms with Gasteiger partial charge in [0.25, 0.3) is 0 Å². The Balaban J connectivity index is 1.47. The second-order valence-electron chi connectivity index (χ2n) is 9.09. The lowest BCUT2D eigenvalue weighted by atomic mass is 9.95. The standard InChI is InChI=1S/C26H31N5O3/c1-4-28-26-19(15(2)3)6-8-31(26)21-11-23(25(33)24(21)32)34-22-10-17(18-12-29-30-13-18)9-16-5-7-27-14-20(16)22/h4,6,8-10,12-13,21,23-25,27,32-33H,2,5,7,11,14H2,1,3H3,(H,29,30)/t21?,23?,24-,25+/m0/s1. The van der Waals surface area contributed by atoms with Crippen molar-refractivity contribution in [1.82, 2.24) is 20.1 Å². The molecule has 178 valence electrons. The van der Waals surface area contributed by atoms with E-state index in [1.807, 2.05) is 42.9 Å². The molecule has 2 aliphatic rings. The van der Waals surface area contributed by atoms with E-state index in [4.69, 9.17) is 4.74 Å². The number of aromatic nitrogens is 3. The largest absolute Gasteiger partial charge is 0.487 e. The average molecular weight is 462 g/mol. The number of fused-ring (bicyclic) bond motifs is 1. The topological polar surface area (TPSA) is 108 Å². The molecule has 4 N–H and O–H groups in total. The summed E-state index contributed by atoms with van der Waals surface area (Å²) in [5.74, 6) is 1.47. The predicted molar refractivity (Wildman–Crippen MR) is 132 cm³/mol. The van der Waals surface area contributed by atoms with Gasteiger partial charge in [0.1, 0.15) is 29.9 Å². The van der Waals surface area contributed by atoms with Crippen molar-refractivity contribution in [2.75, 3.05) is 6.54 Å². The highest BCUT2D eigenvalue weighted by molar-refractivity contribution is 5.74. The average Bonchev–Trinajstić information content (AvgIpc) is 3.56. The number of ether oxygens (including phenoxy) is 1. The Morgan fingerprint density at radius 1 is 1.29 bits per heavy atom. The minimum atomic E-state index is -1.02.